The van der Waals surface area contributed by atoms with Crippen molar-refractivity contribution in [2.75, 3.05) is 13.1 Å². The molecule has 0 aliphatic carbocycles. The van der Waals surface area contributed by atoms with Crippen molar-refractivity contribution >= 4 is 10.0 Å². The van der Waals surface area contributed by atoms with Gasteiger partial charge in [0, 0.05) is 25.5 Å². The molecule has 0 saturated carbocycles. The van der Waals surface area contributed by atoms with Gasteiger partial charge in [0.2, 0.25) is 10.0 Å². The summed E-state index contributed by atoms with van der Waals surface area (Å²) in [5.41, 5.74) is 0.762. The highest BCUT2D eigenvalue weighted by molar-refractivity contribution is 7.89. The fourth-order valence-corrected chi connectivity index (χ4v) is 3.83. The molecule has 0 amide bonds. The van der Waals surface area contributed by atoms with E-state index in [-0.39, 0.29) is 0 Å². The minimum Gasteiger partial charge on any atom is -0.264 e. The summed E-state index contributed by atoms with van der Waals surface area (Å²) in [6.45, 7) is 3.06. The lowest BCUT2D eigenvalue weighted by Crippen LogP contribution is -2.37. The van der Waals surface area contributed by atoms with Gasteiger partial charge >= 0.3 is 0 Å². The topological polar surface area (TPSA) is 50.3 Å². The Bertz CT molecular complexity index is 453. The second-order valence-electron chi connectivity index (χ2n) is 4.43. The average Bonchev–Trinajstić information content (AvgIpc) is 2.40. The number of nitrogens with zero attached hydrogens (tertiary/aromatic N) is 2. The first kappa shape index (κ1) is 12.5. The van der Waals surface area contributed by atoms with E-state index in [1.807, 2.05) is 6.07 Å². The molecule has 4 nitrogen and oxygen atoms in total. The Balaban J connectivity index is 2.20. The Kier molecular flexibility index (Phi) is 3.79. The molecule has 1 aliphatic heterocycles. The molecule has 0 aromatic carbocycles. The summed E-state index contributed by atoms with van der Waals surface area (Å²) in [6, 6.07) is 3.59. The zero-order chi connectivity index (χ0) is 12.3. The third-order valence-electron chi connectivity index (χ3n) is 3.28. The van der Waals surface area contributed by atoms with E-state index in [4.69, 9.17) is 0 Å². The van der Waals surface area contributed by atoms with Crippen molar-refractivity contribution in [1.29, 1.82) is 0 Å². The molecule has 2 rings (SSSR count). The number of hydrogen-bond donors (Lipinski definition) is 0. The molecule has 1 aromatic rings. The van der Waals surface area contributed by atoms with E-state index >= 15 is 0 Å². The van der Waals surface area contributed by atoms with E-state index < -0.39 is 15.3 Å². The van der Waals surface area contributed by atoms with Gasteiger partial charge in [0.15, 0.2) is 0 Å². The molecule has 1 saturated heterocycles. The Morgan fingerprint density at radius 2 is 2.00 bits per heavy atom. The lowest BCUT2D eigenvalue weighted by atomic mass is 10.2. The Hall–Kier alpha value is -0.940. The van der Waals surface area contributed by atoms with Crippen LogP contribution in [0, 0.1) is 0 Å². The second-order valence-corrected chi connectivity index (χ2v) is 6.69. The molecule has 1 aliphatic rings. The van der Waals surface area contributed by atoms with E-state index in [1.54, 1.807) is 29.7 Å². The fraction of sp³-hybridized carbons (Fsp3) is 0.583. The number of rotatable bonds is 3. The monoisotopic (exact) mass is 254 g/mol. The van der Waals surface area contributed by atoms with Gasteiger partial charge in [0.05, 0.1) is 5.25 Å². The normalized spacial score (nSPS) is 20.1. The molecule has 5 heteroatoms. The Labute approximate surface area is 103 Å². The summed E-state index contributed by atoms with van der Waals surface area (Å²) in [6.07, 6.45) is 6.36. The van der Waals surface area contributed by atoms with Crippen LogP contribution < -0.4 is 0 Å². The minimum atomic E-state index is -3.22. The Morgan fingerprint density at radius 1 is 1.29 bits per heavy atom. The van der Waals surface area contributed by atoms with Gasteiger partial charge in [0.1, 0.15) is 0 Å². The van der Waals surface area contributed by atoms with Gasteiger partial charge in [-0.1, -0.05) is 12.5 Å². The van der Waals surface area contributed by atoms with Gasteiger partial charge in [-0.2, -0.15) is 0 Å². The SMILES string of the molecule is CC(c1cccnc1)S(=O)(=O)N1CCCCC1. The van der Waals surface area contributed by atoms with Crippen LogP contribution in [0.25, 0.3) is 0 Å². The van der Waals surface area contributed by atoms with Crippen molar-refractivity contribution in [2.24, 2.45) is 0 Å². The molecule has 0 N–H and O–H groups in total. The first-order valence-electron chi connectivity index (χ1n) is 6.01. The zero-order valence-corrected chi connectivity index (χ0v) is 10.9. The average molecular weight is 254 g/mol. The highest BCUT2D eigenvalue weighted by Gasteiger charge is 2.30. The van der Waals surface area contributed by atoms with E-state index in [9.17, 15) is 8.42 Å². The van der Waals surface area contributed by atoms with Gasteiger partial charge < -0.3 is 0 Å². The van der Waals surface area contributed by atoms with Crippen molar-refractivity contribution in [3.8, 4) is 0 Å². The molecule has 1 fully saturated rings. The standard InChI is InChI=1S/C12H18N2O2S/c1-11(12-6-5-7-13-10-12)17(15,16)14-8-3-2-4-9-14/h5-7,10-11H,2-4,8-9H2,1H3. The summed E-state index contributed by atoms with van der Waals surface area (Å²) >= 11 is 0. The molecular weight excluding hydrogens is 236 g/mol. The highest BCUT2D eigenvalue weighted by Crippen LogP contribution is 2.26. The number of hydrogen-bond acceptors (Lipinski definition) is 3. The molecular formula is C12H18N2O2S. The Morgan fingerprint density at radius 3 is 2.59 bits per heavy atom. The maximum absolute atomic E-state index is 12.4. The van der Waals surface area contributed by atoms with Gasteiger partial charge in [-0.15, -0.1) is 0 Å². The maximum Gasteiger partial charge on any atom is 0.220 e. The van der Waals surface area contributed by atoms with Gasteiger partial charge in [0.25, 0.3) is 0 Å². The third kappa shape index (κ3) is 2.66. The molecule has 94 valence electrons. The van der Waals surface area contributed by atoms with Crippen LogP contribution in [-0.2, 0) is 10.0 Å². The molecule has 17 heavy (non-hydrogen) atoms. The van der Waals surface area contributed by atoms with Crippen molar-refractivity contribution in [2.45, 2.75) is 31.4 Å². The summed E-state index contributed by atoms with van der Waals surface area (Å²) < 4.78 is 26.4. The van der Waals surface area contributed by atoms with Crippen LogP contribution >= 0.6 is 0 Å². The maximum atomic E-state index is 12.4. The number of piperidine rings is 1. The van der Waals surface area contributed by atoms with Crippen molar-refractivity contribution < 1.29 is 8.42 Å². The van der Waals surface area contributed by atoms with Crippen LogP contribution in [0.4, 0.5) is 0 Å². The van der Waals surface area contributed by atoms with Crippen LogP contribution in [0.2, 0.25) is 0 Å². The number of pyridine rings is 1. The molecule has 1 atom stereocenters. The number of aromatic nitrogens is 1. The van der Waals surface area contributed by atoms with E-state index in [0.29, 0.717) is 13.1 Å². The quantitative estimate of drug-likeness (QED) is 0.828. The molecule has 0 bridgehead atoms. The van der Waals surface area contributed by atoms with Gasteiger partial charge in [-0.25, -0.2) is 12.7 Å². The van der Waals surface area contributed by atoms with Crippen molar-refractivity contribution in [3.05, 3.63) is 30.1 Å². The molecule has 1 unspecified atom stereocenters. The lowest BCUT2D eigenvalue weighted by Gasteiger charge is -2.28. The highest BCUT2D eigenvalue weighted by atomic mass is 32.2. The third-order valence-corrected chi connectivity index (χ3v) is 5.53. The number of sulfonamides is 1. The van der Waals surface area contributed by atoms with E-state index in [0.717, 1.165) is 24.8 Å². The summed E-state index contributed by atoms with van der Waals surface area (Å²) in [4.78, 5) is 3.98. The molecule has 0 spiro atoms. The van der Waals surface area contributed by atoms with Crippen LogP contribution in [0.5, 0.6) is 0 Å². The summed E-state index contributed by atoms with van der Waals surface area (Å²) in [5.74, 6) is 0. The largest absolute Gasteiger partial charge is 0.264 e. The smallest absolute Gasteiger partial charge is 0.220 e. The second kappa shape index (κ2) is 5.14. The van der Waals surface area contributed by atoms with Crippen molar-refractivity contribution in [3.63, 3.8) is 0 Å². The first-order chi connectivity index (χ1) is 8.12. The molecule has 0 radical (unpaired) electrons. The van der Waals surface area contributed by atoms with Crippen LogP contribution in [0.15, 0.2) is 24.5 Å². The van der Waals surface area contributed by atoms with Crippen LogP contribution in [-0.4, -0.2) is 30.8 Å². The van der Waals surface area contributed by atoms with E-state index in [1.165, 1.54) is 0 Å². The van der Waals surface area contributed by atoms with Gasteiger partial charge in [-0.05, 0) is 31.4 Å². The fourth-order valence-electron chi connectivity index (χ4n) is 2.13. The molecule has 1 aromatic heterocycles. The van der Waals surface area contributed by atoms with Gasteiger partial charge in [-0.3, -0.25) is 4.98 Å². The predicted octanol–water partition coefficient (Wildman–Crippen LogP) is 1.96. The predicted molar refractivity (Wildman–Crippen MR) is 67.0 cm³/mol. The zero-order valence-electron chi connectivity index (χ0n) is 10.0. The van der Waals surface area contributed by atoms with E-state index in [2.05, 4.69) is 4.98 Å². The molecule has 2 heterocycles. The van der Waals surface area contributed by atoms with Crippen LogP contribution in [0.1, 0.15) is 37.0 Å². The lowest BCUT2D eigenvalue weighted by molar-refractivity contribution is 0.343. The first-order valence-corrected chi connectivity index (χ1v) is 7.51. The van der Waals surface area contributed by atoms with Crippen molar-refractivity contribution in [1.82, 2.24) is 9.29 Å². The summed E-state index contributed by atoms with van der Waals surface area (Å²) in [7, 11) is -3.22. The van der Waals surface area contributed by atoms with Crippen LogP contribution in [0.3, 0.4) is 0 Å². The minimum absolute atomic E-state index is 0.505. The summed E-state index contributed by atoms with van der Waals surface area (Å²) in [5, 5.41) is -0.505.